The van der Waals surface area contributed by atoms with Gasteiger partial charge in [0.15, 0.2) is 11.6 Å². The largest absolute Gasteiger partial charge is 0.313 e. The summed E-state index contributed by atoms with van der Waals surface area (Å²) in [7, 11) is -3.92. The molecule has 1 aliphatic rings. The molecular formula is C12H15F3N2O2S. The number of nitrogens with one attached hydrogen (secondary N) is 2. The van der Waals surface area contributed by atoms with Crippen LogP contribution >= 0.6 is 0 Å². The molecule has 0 aliphatic heterocycles. The first-order valence-corrected chi connectivity index (χ1v) is 7.74. The highest BCUT2D eigenvalue weighted by molar-refractivity contribution is 7.93. The van der Waals surface area contributed by atoms with Gasteiger partial charge in [-0.3, -0.25) is 4.72 Å². The maximum absolute atomic E-state index is 13.4. The van der Waals surface area contributed by atoms with Crippen LogP contribution in [0, 0.1) is 17.5 Å². The summed E-state index contributed by atoms with van der Waals surface area (Å²) in [6.45, 7) is 1.63. The zero-order valence-corrected chi connectivity index (χ0v) is 11.6. The molecule has 1 unspecified atom stereocenters. The summed E-state index contributed by atoms with van der Waals surface area (Å²) in [5.41, 5.74) is -0.722. The van der Waals surface area contributed by atoms with Crippen LogP contribution in [0.4, 0.5) is 18.9 Å². The van der Waals surface area contributed by atoms with Crippen molar-refractivity contribution in [3.63, 3.8) is 0 Å². The third kappa shape index (κ3) is 3.63. The Morgan fingerprint density at radius 3 is 2.55 bits per heavy atom. The fourth-order valence-corrected chi connectivity index (χ4v) is 2.59. The Hall–Kier alpha value is -1.28. The number of sulfonamides is 1. The molecule has 1 fully saturated rings. The Balaban J connectivity index is 2.10. The number of rotatable bonds is 6. The second-order valence-electron chi connectivity index (χ2n) is 4.89. The van der Waals surface area contributed by atoms with E-state index in [0.717, 1.165) is 12.8 Å². The summed E-state index contributed by atoms with van der Waals surface area (Å²) >= 11 is 0. The minimum absolute atomic E-state index is 0.194. The molecular weight excluding hydrogens is 293 g/mol. The fraction of sp³-hybridized carbons (Fsp3) is 0.500. The number of hydrogen-bond acceptors (Lipinski definition) is 3. The van der Waals surface area contributed by atoms with E-state index in [1.807, 2.05) is 4.72 Å². The summed E-state index contributed by atoms with van der Waals surface area (Å²) in [5, 5.41) is 2.17. The molecule has 0 spiro atoms. The van der Waals surface area contributed by atoms with Crippen LogP contribution in [-0.2, 0) is 10.0 Å². The van der Waals surface area contributed by atoms with Crippen LogP contribution in [0.15, 0.2) is 12.1 Å². The molecule has 0 heterocycles. The molecule has 4 nitrogen and oxygen atoms in total. The van der Waals surface area contributed by atoms with Crippen molar-refractivity contribution >= 4 is 15.7 Å². The highest BCUT2D eigenvalue weighted by atomic mass is 32.2. The van der Waals surface area contributed by atoms with Crippen molar-refractivity contribution in [2.75, 3.05) is 11.3 Å². The Labute approximate surface area is 115 Å². The van der Waals surface area contributed by atoms with Crippen LogP contribution in [0.25, 0.3) is 0 Å². The van der Waals surface area contributed by atoms with Crippen LogP contribution < -0.4 is 10.0 Å². The molecule has 8 heteroatoms. The zero-order chi connectivity index (χ0) is 14.9. The Morgan fingerprint density at radius 1 is 1.30 bits per heavy atom. The molecule has 1 saturated carbocycles. The first-order valence-electron chi connectivity index (χ1n) is 6.19. The van der Waals surface area contributed by atoms with Gasteiger partial charge >= 0.3 is 0 Å². The van der Waals surface area contributed by atoms with E-state index in [4.69, 9.17) is 0 Å². The normalized spacial score (nSPS) is 17.0. The van der Waals surface area contributed by atoms with E-state index in [2.05, 4.69) is 5.32 Å². The van der Waals surface area contributed by atoms with E-state index in [1.165, 1.54) is 6.92 Å². The van der Waals surface area contributed by atoms with Crippen LogP contribution in [0.2, 0.25) is 0 Å². The molecule has 2 rings (SSSR count). The molecule has 0 bridgehead atoms. The average Bonchev–Trinajstić information content (AvgIpc) is 3.16. The maximum Gasteiger partial charge on any atom is 0.236 e. The van der Waals surface area contributed by atoms with Gasteiger partial charge in [-0.15, -0.1) is 0 Å². The molecule has 0 saturated heterocycles. The predicted octanol–water partition coefficient (Wildman–Crippen LogP) is 1.99. The van der Waals surface area contributed by atoms with Crippen molar-refractivity contribution in [2.45, 2.75) is 31.1 Å². The SMILES string of the molecule is CC(CNC1CC1)S(=O)(=O)Nc1cc(F)cc(F)c1F. The maximum atomic E-state index is 13.4. The van der Waals surface area contributed by atoms with Crippen LogP contribution in [0.5, 0.6) is 0 Å². The Kier molecular flexibility index (Phi) is 4.24. The van der Waals surface area contributed by atoms with Crippen LogP contribution in [-0.4, -0.2) is 26.3 Å². The summed E-state index contributed by atoms with van der Waals surface area (Å²) < 4.78 is 65.2. The van der Waals surface area contributed by atoms with E-state index in [0.29, 0.717) is 18.2 Å². The van der Waals surface area contributed by atoms with Crippen LogP contribution in [0.1, 0.15) is 19.8 Å². The zero-order valence-electron chi connectivity index (χ0n) is 10.8. The lowest BCUT2D eigenvalue weighted by molar-refractivity contribution is 0.498. The summed E-state index contributed by atoms with van der Waals surface area (Å²) in [5.74, 6) is -3.91. The Morgan fingerprint density at radius 2 is 1.95 bits per heavy atom. The lowest BCUT2D eigenvalue weighted by atomic mass is 10.3. The minimum atomic E-state index is -3.92. The van der Waals surface area contributed by atoms with Gasteiger partial charge < -0.3 is 5.32 Å². The van der Waals surface area contributed by atoms with E-state index in [1.54, 1.807) is 0 Å². The number of hydrogen-bond donors (Lipinski definition) is 2. The number of halogens is 3. The van der Waals surface area contributed by atoms with E-state index in [9.17, 15) is 21.6 Å². The molecule has 112 valence electrons. The van der Waals surface area contributed by atoms with Crippen molar-refractivity contribution in [3.8, 4) is 0 Å². The van der Waals surface area contributed by atoms with Crippen molar-refractivity contribution in [1.82, 2.24) is 5.32 Å². The van der Waals surface area contributed by atoms with Gasteiger partial charge in [-0.05, 0) is 19.8 Å². The van der Waals surface area contributed by atoms with Crippen molar-refractivity contribution in [3.05, 3.63) is 29.6 Å². The summed E-state index contributed by atoms with van der Waals surface area (Å²) in [6.07, 6.45) is 2.01. The van der Waals surface area contributed by atoms with Gasteiger partial charge in [-0.2, -0.15) is 0 Å². The second-order valence-corrected chi connectivity index (χ2v) is 6.99. The lowest BCUT2D eigenvalue weighted by Gasteiger charge is -2.16. The topological polar surface area (TPSA) is 58.2 Å². The minimum Gasteiger partial charge on any atom is -0.313 e. The second kappa shape index (κ2) is 5.61. The van der Waals surface area contributed by atoms with Gasteiger partial charge in [0, 0.05) is 24.7 Å². The van der Waals surface area contributed by atoms with Crippen molar-refractivity contribution < 1.29 is 21.6 Å². The van der Waals surface area contributed by atoms with E-state index < -0.39 is 38.4 Å². The number of anilines is 1. The molecule has 1 atom stereocenters. The monoisotopic (exact) mass is 308 g/mol. The highest BCUT2D eigenvalue weighted by Gasteiger charge is 2.27. The third-order valence-electron chi connectivity index (χ3n) is 3.05. The summed E-state index contributed by atoms with van der Waals surface area (Å²) in [6, 6.07) is 1.29. The standard InChI is InChI=1S/C12H15F3N2O2S/c1-7(6-16-9-2-3-9)20(18,19)17-11-5-8(13)4-10(14)12(11)15/h4-5,7,9,16-17H,2-3,6H2,1H3. The first kappa shape index (κ1) is 15.1. The quantitative estimate of drug-likeness (QED) is 0.790. The molecule has 0 amide bonds. The molecule has 0 aromatic heterocycles. The van der Waals surface area contributed by atoms with Crippen LogP contribution in [0.3, 0.4) is 0 Å². The van der Waals surface area contributed by atoms with Crippen molar-refractivity contribution in [1.29, 1.82) is 0 Å². The highest BCUT2D eigenvalue weighted by Crippen LogP contribution is 2.22. The third-order valence-corrected chi connectivity index (χ3v) is 4.78. The number of benzene rings is 1. The molecule has 1 aromatic rings. The van der Waals surface area contributed by atoms with Gasteiger partial charge in [-0.1, -0.05) is 0 Å². The fourth-order valence-electron chi connectivity index (χ4n) is 1.61. The molecule has 1 aromatic carbocycles. The smallest absolute Gasteiger partial charge is 0.236 e. The molecule has 1 aliphatic carbocycles. The van der Waals surface area contributed by atoms with Gasteiger partial charge in [0.2, 0.25) is 10.0 Å². The van der Waals surface area contributed by atoms with E-state index in [-0.39, 0.29) is 6.54 Å². The molecule has 2 N–H and O–H groups in total. The van der Waals surface area contributed by atoms with Gasteiger partial charge in [0.05, 0.1) is 10.9 Å². The predicted molar refractivity (Wildman–Crippen MR) is 69.3 cm³/mol. The summed E-state index contributed by atoms with van der Waals surface area (Å²) in [4.78, 5) is 0. The first-order chi connectivity index (χ1) is 9.29. The Bertz CT molecular complexity index is 603. The van der Waals surface area contributed by atoms with Gasteiger partial charge in [0.25, 0.3) is 0 Å². The molecule has 20 heavy (non-hydrogen) atoms. The average molecular weight is 308 g/mol. The van der Waals surface area contributed by atoms with Gasteiger partial charge in [0.1, 0.15) is 5.82 Å². The lowest BCUT2D eigenvalue weighted by Crippen LogP contribution is -2.35. The van der Waals surface area contributed by atoms with Crippen molar-refractivity contribution in [2.24, 2.45) is 0 Å². The van der Waals surface area contributed by atoms with E-state index >= 15 is 0 Å². The van der Waals surface area contributed by atoms with Gasteiger partial charge in [-0.25, -0.2) is 21.6 Å². The molecule has 0 radical (unpaired) electrons.